The molecule has 22 heavy (non-hydrogen) atoms. The second kappa shape index (κ2) is 5.59. The Morgan fingerprint density at radius 2 is 2.14 bits per heavy atom. The minimum atomic E-state index is -1.00. The van der Waals surface area contributed by atoms with E-state index in [1.807, 2.05) is 0 Å². The molecule has 1 atom stereocenters. The van der Waals surface area contributed by atoms with E-state index in [2.05, 4.69) is 5.10 Å². The average molecular weight is 303 g/mol. The number of hydrogen-bond acceptors (Lipinski definition) is 3. The molecule has 1 unspecified atom stereocenters. The van der Waals surface area contributed by atoms with Crippen molar-refractivity contribution >= 4 is 11.9 Å². The Balaban J connectivity index is 1.84. The number of amides is 1. The second-order valence-electron chi connectivity index (χ2n) is 5.12. The first-order valence-electron chi connectivity index (χ1n) is 6.91. The summed E-state index contributed by atoms with van der Waals surface area (Å²) in [6.45, 7) is 0.405. The van der Waals surface area contributed by atoms with Gasteiger partial charge in [0.25, 0.3) is 5.91 Å². The third-order valence-electron chi connectivity index (χ3n) is 3.68. The molecule has 114 valence electrons. The topological polar surface area (TPSA) is 75.4 Å². The number of hydrogen-bond donors (Lipinski definition) is 1. The number of aromatic nitrogens is 2. The number of carboxylic acids is 1. The van der Waals surface area contributed by atoms with Crippen LogP contribution >= 0.6 is 0 Å². The maximum atomic E-state index is 13.2. The summed E-state index contributed by atoms with van der Waals surface area (Å²) >= 11 is 0. The zero-order valence-electron chi connectivity index (χ0n) is 11.6. The van der Waals surface area contributed by atoms with Gasteiger partial charge < -0.3 is 10.0 Å². The van der Waals surface area contributed by atoms with Crippen LogP contribution in [0.5, 0.6) is 0 Å². The molecule has 0 bridgehead atoms. The van der Waals surface area contributed by atoms with E-state index in [1.54, 1.807) is 18.3 Å². The third-order valence-corrected chi connectivity index (χ3v) is 3.68. The van der Waals surface area contributed by atoms with Gasteiger partial charge in [-0.1, -0.05) is 6.07 Å². The van der Waals surface area contributed by atoms with E-state index < -0.39 is 23.7 Å². The number of nitrogens with zero attached hydrogens (tertiary/aromatic N) is 3. The molecule has 1 aromatic carbocycles. The summed E-state index contributed by atoms with van der Waals surface area (Å²) in [7, 11) is 0. The molecular weight excluding hydrogens is 289 g/mol. The molecule has 1 amide bonds. The van der Waals surface area contributed by atoms with Crippen LogP contribution in [0.3, 0.4) is 0 Å². The van der Waals surface area contributed by atoms with Crippen LogP contribution in [-0.2, 0) is 4.79 Å². The highest BCUT2D eigenvalue weighted by Gasteiger charge is 2.35. The fourth-order valence-corrected chi connectivity index (χ4v) is 2.61. The van der Waals surface area contributed by atoms with Crippen molar-refractivity contribution in [3.63, 3.8) is 0 Å². The van der Waals surface area contributed by atoms with Gasteiger partial charge in [-0.3, -0.25) is 4.79 Å². The fraction of sp³-hybridized carbons (Fsp3) is 0.267. The highest BCUT2D eigenvalue weighted by molar-refractivity contribution is 5.95. The fourth-order valence-electron chi connectivity index (χ4n) is 2.61. The van der Waals surface area contributed by atoms with Gasteiger partial charge in [-0.2, -0.15) is 5.10 Å². The molecular formula is C15H14FN3O3. The second-order valence-corrected chi connectivity index (χ2v) is 5.12. The summed E-state index contributed by atoms with van der Waals surface area (Å²) in [4.78, 5) is 24.9. The summed E-state index contributed by atoms with van der Waals surface area (Å²) in [5.74, 6) is -1.82. The van der Waals surface area contributed by atoms with E-state index in [0.29, 0.717) is 25.1 Å². The molecule has 0 aliphatic carbocycles. The van der Waals surface area contributed by atoms with Crippen molar-refractivity contribution in [2.75, 3.05) is 6.54 Å². The van der Waals surface area contributed by atoms with Gasteiger partial charge in [0, 0.05) is 12.7 Å². The smallest absolute Gasteiger partial charge is 0.326 e. The lowest BCUT2D eigenvalue weighted by Crippen LogP contribution is -2.40. The van der Waals surface area contributed by atoms with Crippen molar-refractivity contribution in [2.24, 2.45) is 0 Å². The third kappa shape index (κ3) is 2.57. The first kappa shape index (κ1) is 14.2. The van der Waals surface area contributed by atoms with Crippen LogP contribution in [0.2, 0.25) is 0 Å². The Morgan fingerprint density at radius 1 is 1.32 bits per heavy atom. The Kier molecular flexibility index (Phi) is 3.62. The Hall–Kier alpha value is -2.70. The van der Waals surface area contributed by atoms with Crippen molar-refractivity contribution in [1.82, 2.24) is 14.7 Å². The highest BCUT2D eigenvalue weighted by atomic mass is 19.1. The molecule has 1 saturated heterocycles. The van der Waals surface area contributed by atoms with Crippen molar-refractivity contribution < 1.29 is 19.1 Å². The predicted octanol–water partition coefficient (Wildman–Crippen LogP) is 1.70. The molecule has 0 spiro atoms. The average Bonchev–Trinajstić information content (AvgIpc) is 3.16. The Bertz CT molecular complexity index is 728. The van der Waals surface area contributed by atoms with E-state index in [-0.39, 0.29) is 5.69 Å². The van der Waals surface area contributed by atoms with E-state index in [1.165, 1.54) is 27.8 Å². The van der Waals surface area contributed by atoms with Crippen LogP contribution in [-0.4, -0.2) is 44.3 Å². The van der Waals surface area contributed by atoms with Gasteiger partial charge in [-0.25, -0.2) is 13.9 Å². The zero-order valence-corrected chi connectivity index (χ0v) is 11.6. The lowest BCUT2D eigenvalue weighted by Gasteiger charge is -2.20. The summed E-state index contributed by atoms with van der Waals surface area (Å²) in [6.07, 6.45) is 2.66. The normalized spacial score (nSPS) is 17.7. The van der Waals surface area contributed by atoms with E-state index in [0.717, 1.165) is 0 Å². The minimum Gasteiger partial charge on any atom is -0.480 e. The number of halogens is 1. The quantitative estimate of drug-likeness (QED) is 0.936. The maximum Gasteiger partial charge on any atom is 0.326 e. The molecule has 1 aromatic heterocycles. The predicted molar refractivity (Wildman–Crippen MR) is 75.2 cm³/mol. The number of carboxylic acid groups (broad SMARTS) is 1. The summed E-state index contributed by atoms with van der Waals surface area (Å²) < 4.78 is 14.6. The number of benzene rings is 1. The van der Waals surface area contributed by atoms with Crippen LogP contribution < -0.4 is 0 Å². The summed E-state index contributed by atoms with van der Waals surface area (Å²) in [6, 6.07) is 6.55. The zero-order chi connectivity index (χ0) is 15.7. The molecule has 1 N–H and O–H groups in total. The number of aliphatic carboxylic acids is 1. The molecule has 7 heteroatoms. The summed E-state index contributed by atoms with van der Waals surface area (Å²) in [5, 5.41) is 13.3. The molecule has 1 aliphatic rings. The molecule has 1 fully saturated rings. The minimum absolute atomic E-state index is 0.150. The van der Waals surface area contributed by atoms with Crippen molar-refractivity contribution in [1.29, 1.82) is 0 Å². The van der Waals surface area contributed by atoms with E-state index >= 15 is 0 Å². The Labute approximate surface area is 125 Å². The van der Waals surface area contributed by atoms with Crippen molar-refractivity contribution in [3.8, 4) is 5.69 Å². The molecule has 2 aromatic rings. The van der Waals surface area contributed by atoms with E-state index in [4.69, 9.17) is 5.11 Å². The molecule has 6 nitrogen and oxygen atoms in total. The van der Waals surface area contributed by atoms with Crippen LogP contribution in [0, 0.1) is 5.82 Å². The maximum absolute atomic E-state index is 13.2. The highest BCUT2D eigenvalue weighted by Crippen LogP contribution is 2.20. The van der Waals surface area contributed by atoms with Gasteiger partial charge in [0.05, 0.1) is 5.69 Å². The van der Waals surface area contributed by atoms with Crippen molar-refractivity contribution in [2.45, 2.75) is 18.9 Å². The molecule has 3 rings (SSSR count). The molecule has 2 heterocycles. The largest absolute Gasteiger partial charge is 0.480 e. The number of carbonyl (C=O) groups excluding carboxylic acids is 1. The first-order valence-corrected chi connectivity index (χ1v) is 6.91. The van der Waals surface area contributed by atoms with Gasteiger partial charge in [-0.05, 0) is 37.1 Å². The number of likely N-dealkylation sites (tertiary alicyclic amines) is 1. The first-order chi connectivity index (χ1) is 10.6. The van der Waals surface area contributed by atoms with Crippen molar-refractivity contribution in [3.05, 3.63) is 48.0 Å². The SMILES string of the molecule is O=C(O)C1CCCN1C(=O)c1ccn(-c2cccc(F)c2)n1. The number of rotatable bonds is 3. The Morgan fingerprint density at radius 3 is 2.86 bits per heavy atom. The van der Waals surface area contributed by atoms with Crippen LogP contribution in [0.25, 0.3) is 5.69 Å². The van der Waals surface area contributed by atoms with E-state index in [9.17, 15) is 14.0 Å². The number of carbonyl (C=O) groups is 2. The molecule has 1 aliphatic heterocycles. The monoisotopic (exact) mass is 303 g/mol. The lowest BCUT2D eigenvalue weighted by atomic mass is 10.2. The van der Waals surface area contributed by atoms with Gasteiger partial charge in [0.15, 0.2) is 5.69 Å². The molecule has 0 saturated carbocycles. The van der Waals surface area contributed by atoms with Crippen LogP contribution in [0.1, 0.15) is 23.3 Å². The van der Waals surface area contributed by atoms with Crippen LogP contribution in [0.4, 0.5) is 4.39 Å². The standard InChI is InChI=1S/C15H14FN3O3/c16-10-3-1-4-11(9-10)19-8-6-12(17-19)14(20)18-7-2-5-13(18)15(21)22/h1,3-4,6,8-9,13H,2,5,7H2,(H,21,22). The van der Waals surface area contributed by atoms with Gasteiger partial charge in [0.1, 0.15) is 11.9 Å². The van der Waals surface area contributed by atoms with Gasteiger partial charge >= 0.3 is 5.97 Å². The van der Waals surface area contributed by atoms with Gasteiger partial charge in [0.2, 0.25) is 0 Å². The molecule has 0 radical (unpaired) electrons. The van der Waals surface area contributed by atoms with Gasteiger partial charge in [-0.15, -0.1) is 0 Å². The lowest BCUT2D eigenvalue weighted by molar-refractivity contribution is -0.141. The van der Waals surface area contributed by atoms with Crippen LogP contribution in [0.15, 0.2) is 36.5 Å². The summed E-state index contributed by atoms with van der Waals surface area (Å²) in [5.41, 5.74) is 0.646.